The maximum absolute atomic E-state index is 3.98. The van der Waals surface area contributed by atoms with E-state index in [9.17, 15) is 0 Å². The largest absolute Gasteiger partial charge is 0.245 e. The van der Waals surface area contributed by atoms with Crippen molar-refractivity contribution in [3.8, 4) is 0 Å². The van der Waals surface area contributed by atoms with Crippen molar-refractivity contribution >= 4 is 6.21 Å². The van der Waals surface area contributed by atoms with Gasteiger partial charge in [-0.15, -0.1) is 0 Å². The molecule has 1 aliphatic rings. The molecule has 0 saturated heterocycles. The molecule has 0 amide bonds. The molecule has 1 rings (SSSR count). The van der Waals surface area contributed by atoms with Crippen molar-refractivity contribution in [2.24, 2.45) is 0 Å². The van der Waals surface area contributed by atoms with Gasteiger partial charge in [0, 0.05) is 11.1 Å². The average molecular weight is 107 g/mol. The first kappa shape index (κ1) is 5.29. The third kappa shape index (κ3) is 1.06. The Balaban J connectivity index is 2.89. The van der Waals surface area contributed by atoms with Crippen LogP contribution in [0, 0.1) is 0 Å². The van der Waals surface area contributed by atoms with Crippen LogP contribution in [-0.2, 0) is 0 Å². The Morgan fingerprint density at radius 1 is 1.25 bits per heavy atom. The lowest BCUT2D eigenvalue weighted by atomic mass is 10.2. The van der Waals surface area contributed by atoms with E-state index in [1.807, 2.05) is 26.3 Å². The fourth-order valence-electron chi connectivity index (χ4n) is 0.706. The Hall–Kier alpha value is -0.850. The number of aliphatic imine (C=N–C) groups is 1. The van der Waals surface area contributed by atoms with Crippen molar-refractivity contribution < 1.29 is 0 Å². The van der Waals surface area contributed by atoms with E-state index in [0.717, 1.165) is 0 Å². The monoisotopic (exact) mass is 107 g/mol. The normalized spacial score (nSPS) is 17.8. The van der Waals surface area contributed by atoms with Crippen molar-refractivity contribution in [3.63, 3.8) is 0 Å². The lowest BCUT2D eigenvalue weighted by molar-refractivity contribution is 1.28. The van der Waals surface area contributed by atoms with Gasteiger partial charge in [-0.2, -0.15) is 0 Å². The Labute approximate surface area is 49.4 Å². The summed E-state index contributed by atoms with van der Waals surface area (Å²) in [5.41, 5.74) is 2.45. The summed E-state index contributed by atoms with van der Waals surface area (Å²) in [4.78, 5) is 3.98. The fraction of sp³-hybridized carbons (Fsp3) is 0.286. The standard InChI is InChI=1S/C7H9N/c1-6-3-7(2)5-8-4-6/h3-5H,1-2H3/q+1. The summed E-state index contributed by atoms with van der Waals surface area (Å²) < 4.78 is 0. The summed E-state index contributed by atoms with van der Waals surface area (Å²) in [5.74, 6) is 0. The molecule has 0 unspecified atom stereocenters. The smallest absolute Gasteiger partial charge is 0.0440 e. The molecule has 0 aromatic carbocycles. The van der Waals surface area contributed by atoms with E-state index in [4.69, 9.17) is 0 Å². The quantitative estimate of drug-likeness (QED) is 0.442. The van der Waals surface area contributed by atoms with Gasteiger partial charge in [-0.25, -0.2) is 0 Å². The molecular formula is C7H9N+. The van der Waals surface area contributed by atoms with E-state index in [1.54, 1.807) is 0 Å². The zero-order valence-electron chi connectivity index (χ0n) is 5.18. The first-order valence-electron chi connectivity index (χ1n) is 2.67. The first-order chi connectivity index (χ1) is 3.79. The summed E-state index contributed by atoms with van der Waals surface area (Å²) in [7, 11) is 0. The van der Waals surface area contributed by atoms with Gasteiger partial charge in [0.1, 0.15) is 0 Å². The number of nitrogens with zero attached hydrogens (tertiary/aromatic N) is 1. The zero-order chi connectivity index (χ0) is 5.98. The lowest BCUT2D eigenvalue weighted by Crippen LogP contribution is -1.92. The van der Waals surface area contributed by atoms with Crippen LogP contribution in [0.2, 0.25) is 0 Å². The molecule has 0 fully saturated rings. The molecule has 0 atom stereocenters. The van der Waals surface area contributed by atoms with Crippen molar-refractivity contribution in [1.29, 1.82) is 0 Å². The van der Waals surface area contributed by atoms with Crippen LogP contribution in [0.5, 0.6) is 0 Å². The highest BCUT2D eigenvalue weighted by Crippen LogP contribution is 2.00. The van der Waals surface area contributed by atoms with Crippen LogP contribution in [0.3, 0.4) is 0 Å². The highest BCUT2D eigenvalue weighted by molar-refractivity contribution is 5.79. The van der Waals surface area contributed by atoms with Crippen LogP contribution in [0.4, 0.5) is 0 Å². The highest BCUT2D eigenvalue weighted by Gasteiger charge is 1.99. The molecule has 0 aromatic heterocycles. The summed E-state index contributed by atoms with van der Waals surface area (Å²) in [6.45, 7) is 4.08. The van der Waals surface area contributed by atoms with Gasteiger partial charge in [-0.3, -0.25) is 0 Å². The maximum Gasteiger partial charge on any atom is 0.245 e. The van der Waals surface area contributed by atoms with Crippen LogP contribution in [0.15, 0.2) is 23.4 Å². The van der Waals surface area contributed by atoms with Gasteiger partial charge >= 0.3 is 0 Å². The highest BCUT2D eigenvalue weighted by atomic mass is 14.7. The topological polar surface area (TPSA) is 14.1 Å². The van der Waals surface area contributed by atoms with Gasteiger partial charge in [-0.1, -0.05) is 0 Å². The minimum atomic E-state index is 1.23. The van der Waals surface area contributed by atoms with Crippen LogP contribution in [-0.4, -0.2) is 6.21 Å². The molecule has 41 valence electrons. The Morgan fingerprint density at radius 3 is 2.38 bits per heavy atom. The Bertz CT molecular complexity index is 170. The molecule has 0 bridgehead atoms. The summed E-state index contributed by atoms with van der Waals surface area (Å²) in [6, 6.07) is 0. The Kier molecular flexibility index (Phi) is 1.29. The first-order valence-corrected chi connectivity index (χ1v) is 2.67. The number of allylic oxidation sites excluding steroid dienone is 3. The van der Waals surface area contributed by atoms with E-state index >= 15 is 0 Å². The minimum Gasteiger partial charge on any atom is -0.0440 e. The summed E-state index contributed by atoms with van der Waals surface area (Å²) in [5, 5.41) is 0. The zero-order valence-corrected chi connectivity index (χ0v) is 5.18. The molecule has 0 aliphatic carbocycles. The van der Waals surface area contributed by atoms with Gasteiger partial charge in [0.05, 0.1) is 4.99 Å². The molecule has 1 radical (unpaired) electrons. The molecule has 1 heterocycles. The maximum atomic E-state index is 3.98. The lowest BCUT2D eigenvalue weighted by Gasteiger charge is -1.86. The van der Waals surface area contributed by atoms with Gasteiger partial charge in [0.2, 0.25) is 12.4 Å². The van der Waals surface area contributed by atoms with Gasteiger partial charge in [-0.05, 0) is 19.9 Å². The average Bonchev–Trinajstić information content (AvgIpc) is 1.64. The molecule has 0 N–H and O–H groups in total. The Morgan fingerprint density at radius 2 is 2.00 bits per heavy atom. The van der Waals surface area contributed by atoms with Crippen molar-refractivity contribution in [2.45, 2.75) is 13.8 Å². The van der Waals surface area contributed by atoms with E-state index < -0.39 is 0 Å². The molecule has 1 aliphatic heterocycles. The third-order valence-corrected chi connectivity index (χ3v) is 1.01. The van der Waals surface area contributed by atoms with Crippen LogP contribution < -0.4 is 4.99 Å². The molecule has 0 spiro atoms. The third-order valence-electron chi connectivity index (χ3n) is 1.01. The minimum absolute atomic E-state index is 1.23. The van der Waals surface area contributed by atoms with Crippen LogP contribution in [0.25, 0.3) is 0 Å². The predicted molar refractivity (Wildman–Crippen MR) is 35.7 cm³/mol. The van der Waals surface area contributed by atoms with Crippen molar-refractivity contribution in [3.05, 3.63) is 23.4 Å². The summed E-state index contributed by atoms with van der Waals surface area (Å²) in [6.07, 6.45) is 5.81. The SMILES string of the molecule is CC1=C[N+]=CC(C)=C1. The molecule has 0 saturated carbocycles. The second-order valence-electron chi connectivity index (χ2n) is 2.04. The van der Waals surface area contributed by atoms with Crippen molar-refractivity contribution in [1.82, 2.24) is 4.99 Å². The number of hydrogen-bond donors (Lipinski definition) is 0. The number of rotatable bonds is 0. The van der Waals surface area contributed by atoms with E-state index in [-0.39, 0.29) is 0 Å². The second kappa shape index (κ2) is 1.95. The van der Waals surface area contributed by atoms with Gasteiger partial charge in [0.25, 0.3) is 0 Å². The summed E-state index contributed by atoms with van der Waals surface area (Å²) >= 11 is 0. The van der Waals surface area contributed by atoms with Crippen molar-refractivity contribution in [2.75, 3.05) is 0 Å². The molecular weight excluding hydrogens is 98.1 g/mol. The van der Waals surface area contributed by atoms with Crippen LogP contribution >= 0.6 is 0 Å². The van der Waals surface area contributed by atoms with Crippen LogP contribution in [0.1, 0.15) is 13.8 Å². The molecule has 1 nitrogen and oxygen atoms in total. The van der Waals surface area contributed by atoms with E-state index in [2.05, 4.69) is 11.1 Å². The molecule has 8 heavy (non-hydrogen) atoms. The fourth-order valence-corrected chi connectivity index (χ4v) is 0.706. The molecule has 0 aromatic rings. The second-order valence-corrected chi connectivity index (χ2v) is 2.04. The van der Waals surface area contributed by atoms with Gasteiger partial charge in [0.15, 0.2) is 0 Å². The number of hydrogen-bond acceptors (Lipinski definition) is 1. The van der Waals surface area contributed by atoms with E-state index in [1.165, 1.54) is 11.1 Å². The molecule has 1 heteroatoms. The predicted octanol–water partition coefficient (Wildman–Crippen LogP) is 1.26. The van der Waals surface area contributed by atoms with Gasteiger partial charge < -0.3 is 0 Å². The van der Waals surface area contributed by atoms with E-state index in [0.29, 0.717) is 0 Å².